The summed E-state index contributed by atoms with van der Waals surface area (Å²) >= 11 is 1.12. The molecule has 0 atom stereocenters. The third-order valence-electron chi connectivity index (χ3n) is 6.19. The Morgan fingerprint density at radius 2 is 1.52 bits per heavy atom. The molecule has 40 heavy (non-hydrogen) atoms. The monoisotopic (exact) mass is 547 g/mol. The normalized spacial score (nSPS) is 11.9. The molecule has 0 radical (unpaired) electrons. The van der Waals surface area contributed by atoms with Crippen LogP contribution < -0.4 is 20.4 Å². The summed E-state index contributed by atoms with van der Waals surface area (Å²) in [6, 6.07) is 26.5. The van der Waals surface area contributed by atoms with E-state index < -0.39 is 5.56 Å². The summed E-state index contributed by atoms with van der Waals surface area (Å²) in [6.07, 6.45) is 3.67. The first-order valence-electron chi connectivity index (χ1n) is 12.9. The molecule has 3 heterocycles. The maximum atomic E-state index is 13.4. The summed E-state index contributed by atoms with van der Waals surface area (Å²) in [5, 5.41) is 9.23. The number of hydrogen-bond acceptors (Lipinski definition) is 7. The third-order valence-corrected chi connectivity index (χ3v) is 7.15. The highest BCUT2D eigenvalue weighted by atomic mass is 32.1. The number of nitrogens with zero attached hydrogens (tertiary/aromatic N) is 5. The van der Waals surface area contributed by atoms with Crippen LogP contribution in [0.3, 0.4) is 0 Å². The van der Waals surface area contributed by atoms with E-state index in [1.807, 2.05) is 79.0 Å². The average Bonchev–Trinajstić information content (AvgIpc) is 3.53. The Labute approximate surface area is 233 Å². The molecule has 0 saturated heterocycles. The first-order chi connectivity index (χ1) is 19.5. The van der Waals surface area contributed by atoms with Crippen LogP contribution in [0.15, 0.2) is 101 Å². The zero-order chi connectivity index (χ0) is 27.6. The van der Waals surface area contributed by atoms with Gasteiger partial charge in [0.2, 0.25) is 4.96 Å². The SMILES string of the molecule is CC(C)COc1ccc(-c2nn(-c3ccccc3)cc2C=c2sc3nc(=O)c(-c4ccccc4)nn3c2=O)cc1. The van der Waals surface area contributed by atoms with Gasteiger partial charge in [-0.3, -0.25) is 9.59 Å². The van der Waals surface area contributed by atoms with Crippen LogP contribution in [0.25, 0.3) is 39.2 Å². The van der Waals surface area contributed by atoms with E-state index in [-0.39, 0.29) is 16.2 Å². The second-order valence-corrected chi connectivity index (χ2v) is 10.7. The first kappa shape index (κ1) is 25.4. The minimum atomic E-state index is -0.476. The van der Waals surface area contributed by atoms with E-state index in [4.69, 9.17) is 9.84 Å². The number of para-hydroxylation sites is 1. The van der Waals surface area contributed by atoms with Crippen molar-refractivity contribution in [3.8, 4) is 34.0 Å². The van der Waals surface area contributed by atoms with Gasteiger partial charge in [0, 0.05) is 22.9 Å². The molecule has 6 aromatic rings. The van der Waals surface area contributed by atoms with E-state index in [0.717, 1.165) is 33.9 Å². The van der Waals surface area contributed by atoms with E-state index in [1.54, 1.807) is 22.9 Å². The molecule has 0 aliphatic rings. The number of rotatable bonds is 7. The van der Waals surface area contributed by atoms with Gasteiger partial charge in [-0.15, -0.1) is 0 Å². The van der Waals surface area contributed by atoms with Crippen molar-refractivity contribution in [2.24, 2.45) is 5.92 Å². The Kier molecular flexibility index (Phi) is 6.79. The largest absolute Gasteiger partial charge is 0.493 e. The number of fused-ring (bicyclic) bond motifs is 1. The van der Waals surface area contributed by atoms with Gasteiger partial charge in [0.1, 0.15) is 11.4 Å². The second-order valence-electron chi connectivity index (χ2n) is 9.68. The molecule has 198 valence electrons. The Morgan fingerprint density at radius 1 is 0.850 bits per heavy atom. The molecule has 0 fully saturated rings. The van der Waals surface area contributed by atoms with Gasteiger partial charge in [-0.1, -0.05) is 73.7 Å². The Hall–Kier alpha value is -4.89. The lowest BCUT2D eigenvalue weighted by atomic mass is 10.1. The van der Waals surface area contributed by atoms with Crippen LogP contribution in [-0.4, -0.2) is 31.0 Å². The summed E-state index contributed by atoms with van der Waals surface area (Å²) in [7, 11) is 0. The highest BCUT2D eigenvalue weighted by Crippen LogP contribution is 2.27. The molecule has 8 nitrogen and oxygen atoms in total. The number of ether oxygens (including phenoxy) is 1. The number of aromatic nitrogens is 5. The van der Waals surface area contributed by atoms with Crippen LogP contribution in [0.4, 0.5) is 0 Å². The van der Waals surface area contributed by atoms with Crippen molar-refractivity contribution in [1.29, 1.82) is 0 Å². The van der Waals surface area contributed by atoms with Gasteiger partial charge >= 0.3 is 5.56 Å². The van der Waals surface area contributed by atoms with Crippen molar-refractivity contribution in [2.75, 3.05) is 6.61 Å². The predicted octanol–water partition coefficient (Wildman–Crippen LogP) is 4.61. The number of thiazole rings is 1. The second kappa shape index (κ2) is 10.7. The highest BCUT2D eigenvalue weighted by molar-refractivity contribution is 7.15. The molecule has 3 aromatic heterocycles. The van der Waals surface area contributed by atoms with Crippen molar-refractivity contribution in [3.63, 3.8) is 0 Å². The van der Waals surface area contributed by atoms with E-state index in [9.17, 15) is 9.59 Å². The fourth-order valence-corrected chi connectivity index (χ4v) is 5.12. The van der Waals surface area contributed by atoms with Crippen molar-refractivity contribution >= 4 is 22.4 Å². The van der Waals surface area contributed by atoms with Gasteiger partial charge in [-0.05, 0) is 48.4 Å². The van der Waals surface area contributed by atoms with E-state index in [1.165, 1.54) is 4.52 Å². The van der Waals surface area contributed by atoms with Crippen LogP contribution in [0, 0.1) is 5.92 Å². The van der Waals surface area contributed by atoms with Crippen LogP contribution in [0.2, 0.25) is 0 Å². The lowest BCUT2D eigenvalue weighted by molar-refractivity contribution is 0.271. The van der Waals surface area contributed by atoms with Crippen molar-refractivity contribution in [1.82, 2.24) is 24.4 Å². The highest BCUT2D eigenvalue weighted by Gasteiger charge is 2.15. The fraction of sp³-hybridized carbons (Fsp3) is 0.129. The van der Waals surface area contributed by atoms with Gasteiger partial charge < -0.3 is 4.74 Å². The lowest BCUT2D eigenvalue weighted by Gasteiger charge is -2.09. The fourth-order valence-electron chi connectivity index (χ4n) is 4.23. The Bertz CT molecular complexity index is 1960. The molecule has 6 rings (SSSR count). The van der Waals surface area contributed by atoms with Gasteiger partial charge in [0.05, 0.1) is 16.8 Å². The summed E-state index contributed by atoms with van der Waals surface area (Å²) in [5.41, 5.74) is 3.14. The average molecular weight is 548 g/mol. The maximum Gasteiger partial charge on any atom is 0.300 e. The molecule has 0 saturated carbocycles. The van der Waals surface area contributed by atoms with Crippen LogP contribution in [0.5, 0.6) is 5.75 Å². The van der Waals surface area contributed by atoms with Crippen molar-refractivity contribution < 1.29 is 4.74 Å². The number of hydrogen-bond donors (Lipinski definition) is 0. The van der Waals surface area contributed by atoms with E-state index >= 15 is 0 Å². The molecule has 0 bridgehead atoms. The molecule has 0 spiro atoms. The molecule has 0 unspecified atom stereocenters. The van der Waals surface area contributed by atoms with E-state index in [2.05, 4.69) is 23.9 Å². The quantitative estimate of drug-likeness (QED) is 0.290. The van der Waals surface area contributed by atoms with Gasteiger partial charge in [0.15, 0.2) is 5.69 Å². The molecule has 0 aliphatic heterocycles. The molecular formula is C31H25N5O3S. The molecule has 0 aliphatic carbocycles. The van der Waals surface area contributed by atoms with Crippen molar-refractivity contribution in [3.05, 3.63) is 122 Å². The molecule has 9 heteroatoms. The third kappa shape index (κ3) is 5.06. The minimum absolute atomic E-state index is 0.136. The van der Waals surface area contributed by atoms with Gasteiger partial charge in [-0.25, -0.2) is 4.68 Å². The van der Waals surface area contributed by atoms with Gasteiger partial charge in [0.25, 0.3) is 5.56 Å². The molecule has 0 N–H and O–H groups in total. The molecule has 3 aromatic carbocycles. The predicted molar refractivity (Wildman–Crippen MR) is 157 cm³/mol. The first-order valence-corrected chi connectivity index (χ1v) is 13.7. The summed E-state index contributed by atoms with van der Waals surface area (Å²) in [4.78, 5) is 30.5. The number of benzene rings is 3. The summed E-state index contributed by atoms with van der Waals surface area (Å²) in [6.45, 7) is 4.85. The Morgan fingerprint density at radius 3 is 2.23 bits per heavy atom. The zero-order valence-electron chi connectivity index (χ0n) is 21.9. The summed E-state index contributed by atoms with van der Waals surface area (Å²) < 4.78 is 9.23. The van der Waals surface area contributed by atoms with Gasteiger partial charge in [-0.2, -0.15) is 19.7 Å². The van der Waals surface area contributed by atoms with Crippen LogP contribution in [0.1, 0.15) is 19.4 Å². The smallest absolute Gasteiger partial charge is 0.300 e. The zero-order valence-corrected chi connectivity index (χ0v) is 22.7. The standard InChI is InChI=1S/C31H25N5O3S/c1-20(2)19-39-25-15-13-22(14-16-25)27-23(18-35(33-27)24-11-7-4-8-12-24)17-26-30(38)36-31(40-26)32-29(37)28(34-36)21-9-5-3-6-10-21/h3-18,20H,19H2,1-2H3. The maximum absolute atomic E-state index is 13.4. The topological polar surface area (TPSA) is 91.4 Å². The Balaban J connectivity index is 1.47. The summed E-state index contributed by atoms with van der Waals surface area (Å²) in [5.74, 6) is 1.21. The molecular weight excluding hydrogens is 522 g/mol. The van der Waals surface area contributed by atoms with Crippen LogP contribution in [-0.2, 0) is 0 Å². The lowest BCUT2D eigenvalue weighted by Crippen LogP contribution is -2.26. The minimum Gasteiger partial charge on any atom is -0.493 e. The molecule has 0 amide bonds. The van der Waals surface area contributed by atoms with E-state index in [0.29, 0.717) is 28.3 Å². The van der Waals surface area contributed by atoms with Crippen LogP contribution >= 0.6 is 11.3 Å². The van der Waals surface area contributed by atoms with Crippen molar-refractivity contribution in [2.45, 2.75) is 13.8 Å².